The fraction of sp³-hybridized carbons (Fsp3) is 0.300. The summed E-state index contributed by atoms with van der Waals surface area (Å²) in [7, 11) is 0. The van der Waals surface area contributed by atoms with E-state index in [1.807, 2.05) is 6.92 Å². The molecule has 0 amide bonds. The molecule has 74 valence electrons. The van der Waals surface area contributed by atoms with E-state index in [1.165, 1.54) is 10.4 Å². The summed E-state index contributed by atoms with van der Waals surface area (Å²) in [5, 5.41) is 14.1. The van der Waals surface area contributed by atoms with Gasteiger partial charge in [0.05, 0.1) is 10.7 Å². The SMILES string of the molecule is Cc1nc(-c2csc(CCO)c2)cs1. The lowest BCUT2D eigenvalue weighted by Crippen LogP contribution is -1.85. The number of nitrogens with zero attached hydrogens (tertiary/aromatic N) is 1. The minimum Gasteiger partial charge on any atom is -0.396 e. The number of aromatic nitrogens is 1. The van der Waals surface area contributed by atoms with Gasteiger partial charge < -0.3 is 5.11 Å². The van der Waals surface area contributed by atoms with Gasteiger partial charge in [-0.2, -0.15) is 0 Å². The van der Waals surface area contributed by atoms with Gasteiger partial charge in [0.2, 0.25) is 0 Å². The van der Waals surface area contributed by atoms with Crippen LogP contribution in [0.4, 0.5) is 0 Å². The largest absolute Gasteiger partial charge is 0.396 e. The van der Waals surface area contributed by atoms with Gasteiger partial charge in [-0.3, -0.25) is 0 Å². The van der Waals surface area contributed by atoms with E-state index in [2.05, 4.69) is 21.8 Å². The summed E-state index contributed by atoms with van der Waals surface area (Å²) in [4.78, 5) is 5.63. The maximum atomic E-state index is 8.80. The number of hydrogen-bond acceptors (Lipinski definition) is 4. The molecule has 0 unspecified atom stereocenters. The van der Waals surface area contributed by atoms with Crippen LogP contribution in [-0.4, -0.2) is 16.7 Å². The molecule has 2 aromatic heterocycles. The fourth-order valence-electron chi connectivity index (χ4n) is 1.25. The molecule has 0 aromatic carbocycles. The zero-order valence-corrected chi connectivity index (χ0v) is 9.49. The smallest absolute Gasteiger partial charge is 0.0901 e. The quantitative estimate of drug-likeness (QED) is 0.871. The molecule has 0 atom stereocenters. The topological polar surface area (TPSA) is 33.1 Å². The van der Waals surface area contributed by atoms with Crippen LogP contribution in [-0.2, 0) is 6.42 Å². The Bertz CT molecular complexity index is 419. The Kier molecular flexibility index (Phi) is 2.96. The van der Waals surface area contributed by atoms with Gasteiger partial charge in [0.15, 0.2) is 0 Å². The van der Waals surface area contributed by atoms with Crippen LogP contribution in [0.2, 0.25) is 0 Å². The molecule has 2 rings (SSSR count). The molecule has 2 heterocycles. The average molecular weight is 225 g/mol. The minimum absolute atomic E-state index is 0.218. The predicted octanol–water partition coefficient (Wildman–Crippen LogP) is 2.71. The van der Waals surface area contributed by atoms with Crippen LogP contribution in [0.1, 0.15) is 9.88 Å². The van der Waals surface area contributed by atoms with Gasteiger partial charge in [-0.15, -0.1) is 22.7 Å². The van der Waals surface area contributed by atoms with E-state index < -0.39 is 0 Å². The number of rotatable bonds is 3. The molecule has 0 saturated heterocycles. The van der Waals surface area contributed by atoms with E-state index >= 15 is 0 Å². The van der Waals surface area contributed by atoms with E-state index in [1.54, 1.807) is 22.7 Å². The standard InChI is InChI=1S/C10H11NOS2/c1-7-11-10(6-13-7)8-4-9(2-3-12)14-5-8/h4-6,12H,2-3H2,1H3. The van der Waals surface area contributed by atoms with Crippen molar-refractivity contribution in [2.24, 2.45) is 0 Å². The van der Waals surface area contributed by atoms with E-state index in [-0.39, 0.29) is 6.61 Å². The molecule has 1 N–H and O–H groups in total. The summed E-state index contributed by atoms with van der Waals surface area (Å²) >= 11 is 3.35. The number of thiazole rings is 1. The third-order valence-electron chi connectivity index (χ3n) is 1.93. The van der Waals surface area contributed by atoms with Crippen LogP contribution in [0, 0.1) is 6.92 Å². The molecule has 0 saturated carbocycles. The summed E-state index contributed by atoms with van der Waals surface area (Å²) in [6, 6.07) is 2.11. The van der Waals surface area contributed by atoms with Gasteiger partial charge in [-0.05, 0) is 13.0 Å². The van der Waals surface area contributed by atoms with Crippen LogP contribution in [0.25, 0.3) is 11.3 Å². The number of aryl methyl sites for hydroxylation is 1. The van der Waals surface area contributed by atoms with Gasteiger partial charge in [0, 0.05) is 34.2 Å². The highest BCUT2D eigenvalue weighted by Crippen LogP contribution is 2.26. The molecule has 0 aliphatic carbocycles. The van der Waals surface area contributed by atoms with Gasteiger partial charge >= 0.3 is 0 Å². The second kappa shape index (κ2) is 4.21. The van der Waals surface area contributed by atoms with Crippen molar-refractivity contribution in [1.82, 2.24) is 4.98 Å². The Morgan fingerprint density at radius 2 is 2.21 bits per heavy atom. The van der Waals surface area contributed by atoms with Gasteiger partial charge in [-0.25, -0.2) is 4.98 Å². The van der Waals surface area contributed by atoms with Crippen molar-refractivity contribution in [3.63, 3.8) is 0 Å². The summed E-state index contributed by atoms with van der Waals surface area (Å²) in [6.45, 7) is 2.23. The molecule has 4 heteroatoms. The van der Waals surface area contributed by atoms with E-state index in [9.17, 15) is 0 Å². The molecular weight excluding hydrogens is 214 g/mol. The van der Waals surface area contributed by atoms with Crippen molar-refractivity contribution in [2.45, 2.75) is 13.3 Å². The van der Waals surface area contributed by atoms with Crippen LogP contribution in [0.15, 0.2) is 16.8 Å². The normalized spacial score (nSPS) is 10.7. The maximum absolute atomic E-state index is 8.80. The number of hydrogen-bond donors (Lipinski definition) is 1. The van der Waals surface area contributed by atoms with Gasteiger partial charge in [0.25, 0.3) is 0 Å². The lowest BCUT2D eigenvalue weighted by Gasteiger charge is -1.89. The highest BCUT2D eigenvalue weighted by atomic mass is 32.1. The van der Waals surface area contributed by atoms with Crippen molar-refractivity contribution in [3.05, 3.63) is 26.7 Å². The lowest BCUT2D eigenvalue weighted by atomic mass is 10.2. The maximum Gasteiger partial charge on any atom is 0.0901 e. The van der Waals surface area contributed by atoms with Crippen molar-refractivity contribution in [2.75, 3.05) is 6.61 Å². The Morgan fingerprint density at radius 3 is 2.86 bits per heavy atom. The number of aliphatic hydroxyl groups is 1. The minimum atomic E-state index is 0.218. The molecule has 14 heavy (non-hydrogen) atoms. The second-order valence-corrected chi connectivity index (χ2v) is 5.09. The Hall–Kier alpha value is -0.710. The molecule has 0 radical (unpaired) electrons. The molecule has 0 spiro atoms. The van der Waals surface area contributed by atoms with E-state index in [0.29, 0.717) is 0 Å². The van der Waals surface area contributed by atoms with Gasteiger partial charge in [-0.1, -0.05) is 0 Å². The molecule has 2 aromatic rings. The molecule has 0 aliphatic heterocycles. The second-order valence-electron chi connectivity index (χ2n) is 3.03. The fourth-order valence-corrected chi connectivity index (χ4v) is 2.75. The van der Waals surface area contributed by atoms with E-state index in [0.717, 1.165) is 17.1 Å². The molecule has 0 bridgehead atoms. The molecule has 0 aliphatic rings. The molecule has 2 nitrogen and oxygen atoms in total. The Labute approximate surface area is 90.9 Å². The van der Waals surface area contributed by atoms with Crippen LogP contribution < -0.4 is 0 Å². The average Bonchev–Trinajstić information content (AvgIpc) is 2.74. The van der Waals surface area contributed by atoms with Gasteiger partial charge in [0.1, 0.15) is 0 Å². The van der Waals surface area contributed by atoms with Crippen molar-refractivity contribution < 1.29 is 5.11 Å². The molecular formula is C10H11NOS2. The number of aliphatic hydroxyl groups excluding tert-OH is 1. The summed E-state index contributed by atoms with van der Waals surface area (Å²) in [5.74, 6) is 0. The summed E-state index contributed by atoms with van der Waals surface area (Å²) in [6.07, 6.45) is 0.744. The first-order chi connectivity index (χ1) is 6.79. The Balaban J connectivity index is 2.24. The van der Waals surface area contributed by atoms with E-state index in [4.69, 9.17) is 5.11 Å². The summed E-state index contributed by atoms with van der Waals surface area (Å²) in [5.41, 5.74) is 2.22. The van der Waals surface area contributed by atoms with Crippen LogP contribution in [0.5, 0.6) is 0 Å². The van der Waals surface area contributed by atoms with Crippen molar-refractivity contribution in [3.8, 4) is 11.3 Å². The highest BCUT2D eigenvalue weighted by molar-refractivity contribution is 7.11. The number of thiophene rings is 1. The van der Waals surface area contributed by atoms with Crippen molar-refractivity contribution in [1.29, 1.82) is 0 Å². The summed E-state index contributed by atoms with van der Waals surface area (Å²) < 4.78 is 0. The first kappa shape index (κ1) is 9.83. The monoisotopic (exact) mass is 225 g/mol. The Morgan fingerprint density at radius 1 is 1.36 bits per heavy atom. The third-order valence-corrected chi connectivity index (χ3v) is 3.70. The van der Waals surface area contributed by atoms with Crippen LogP contribution in [0.3, 0.4) is 0 Å². The lowest BCUT2D eigenvalue weighted by molar-refractivity contribution is 0.300. The molecule has 0 fully saturated rings. The first-order valence-electron chi connectivity index (χ1n) is 4.40. The van der Waals surface area contributed by atoms with Crippen molar-refractivity contribution >= 4 is 22.7 Å². The predicted molar refractivity (Wildman–Crippen MR) is 61.0 cm³/mol. The zero-order valence-electron chi connectivity index (χ0n) is 7.86. The zero-order chi connectivity index (χ0) is 9.97. The highest BCUT2D eigenvalue weighted by Gasteiger charge is 2.04. The third kappa shape index (κ3) is 2.03. The first-order valence-corrected chi connectivity index (χ1v) is 6.16. The van der Waals surface area contributed by atoms with Crippen LogP contribution >= 0.6 is 22.7 Å².